The van der Waals surface area contributed by atoms with E-state index < -0.39 is 0 Å². The van der Waals surface area contributed by atoms with Crippen molar-refractivity contribution in [2.45, 2.75) is 0 Å². The largest absolute Gasteiger partial charge is 0.324 e. The van der Waals surface area contributed by atoms with Crippen LogP contribution in [0.5, 0.6) is 0 Å². The van der Waals surface area contributed by atoms with Crippen molar-refractivity contribution in [3.05, 3.63) is 78.9 Å². The number of anilines is 1. The molecule has 3 rings (SSSR count). The third-order valence-electron chi connectivity index (χ3n) is 3.35. The Hall–Kier alpha value is -2.88. The lowest BCUT2D eigenvalue weighted by Gasteiger charge is -2.17. The molecule has 3 aromatic rings. The fraction of sp³-hybridized carbons (Fsp3) is 0.0588. The molecule has 0 atom stereocenters. The van der Waals surface area contributed by atoms with E-state index in [4.69, 9.17) is 0 Å². The van der Waals surface area contributed by atoms with Crippen molar-refractivity contribution in [2.75, 3.05) is 11.9 Å². The van der Waals surface area contributed by atoms with E-state index in [0.717, 1.165) is 11.4 Å². The van der Waals surface area contributed by atoms with Crippen LogP contribution < -0.4 is 4.90 Å². The molecule has 104 valence electrons. The van der Waals surface area contributed by atoms with Gasteiger partial charge >= 0.3 is 0 Å². The smallest absolute Gasteiger partial charge is 0.258 e. The van der Waals surface area contributed by atoms with Crippen molar-refractivity contribution in [3.8, 4) is 5.69 Å². The average molecular weight is 277 g/mol. The van der Waals surface area contributed by atoms with Crippen molar-refractivity contribution in [1.29, 1.82) is 0 Å². The maximum Gasteiger partial charge on any atom is 0.258 e. The zero-order valence-electron chi connectivity index (χ0n) is 11.7. The van der Waals surface area contributed by atoms with Crippen molar-refractivity contribution in [3.63, 3.8) is 0 Å². The number of carbonyl (C=O) groups excluding carboxylic acids is 1. The van der Waals surface area contributed by atoms with Gasteiger partial charge in [0, 0.05) is 36.9 Å². The van der Waals surface area contributed by atoms with Gasteiger partial charge in [0.2, 0.25) is 0 Å². The van der Waals surface area contributed by atoms with E-state index >= 15 is 0 Å². The number of nitrogens with zero attached hydrogens (tertiary/aromatic N) is 3. The Morgan fingerprint density at radius 3 is 2.38 bits per heavy atom. The summed E-state index contributed by atoms with van der Waals surface area (Å²) in [5.41, 5.74) is 2.45. The molecule has 2 aromatic heterocycles. The van der Waals surface area contributed by atoms with Crippen LogP contribution in [-0.4, -0.2) is 22.5 Å². The van der Waals surface area contributed by atoms with Crippen molar-refractivity contribution < 1.29 is 4.79 Å². The molecule has 0 radical (unpaired) electrons. The molecule has 0 unspecified atom stereocenters. The molecule has 0 aliphatic carbocycles. The molecule has 0 aliphatic heterocycles. The number of hydrogen-bond donors (Lipinski definition) is 0. The van der Waals surface area contributed by atoms with E-state index in [-0.39, 0.29) is 5.91 Å². The zero-order valence-corrected chi connectivity index (χ0v) is 11.7. The highest BCUT2D eigenvalue weighted by molar-refractivity contribution is 6.05. The third-order valence-corrected chi connectivity index (χ3v) is 3.35. The number of pyridine rings is 1. The minimum Gasteiger partial charge on any atom is -0.324 e. The van der Waals surface area contributed by atoms with E-state index in [1.807, 2.05) is 65.5 Å². The van der Waals surface area contributed by atoms with E-state index in [9.17, 15) is 4.79 Å². The summed E-state index contributed by atoms with van der Waals surface area (Å²) in [6, 6.07) is 15.2. The second-order valence-electron chi connectivity index (χ2n) is 4.71. The molecule has 1 amide bonds. The number of carbonyl (C=O) groups is 1. The van der Waals surface area contributed by atoms with E-state index in [0.29, 0.717) is 5.56 Å². The lowest BCUT2D eigenvalue weighted by atomic mass is 10.1. The molecular formula is C17H15N3O. The van der Waals surface area contributed by atoms with Crippen LogP contribution in [0.15, 0.2) is 73.3 Å². The monoisotopic (exact) mass is 277 g/mol. The number of rotatable bonds is 3. The predicted molar refractivity (Wildman–Crippen MR) is 82.7 cm³/mol. The van der Waals surface area contributed by atoms with E-state index in [2.05, 4.69) is 4.98 Å². The topological polar surface area (TPSA) is 38.1 Å². The highest BCUT2D eigenvalue weighted by Crippen LogP contribution is 2.15. The normalized spacial score (nSPS) is 10.3. The van der Waals surface area contributed by atoms with Gasteiger partial charge in [0.05, 0.1) is 11.9 Å². The van der Waals surface area contributed by atoms with E-state index in [1.165, 1.54) is 0 Å². The first kappa shape index (κ1) is 13.1. The van der Waals surface area contributed by atoms with Gasteiger partial charge < -0.3 is 9.47 Å². The van der Waals surface area contributed by atoms with Crippen LogP contribution in [0.1, 0.15) is 10.4 Å². The maximum atomic E-state index is 12.4. The molecule has 0 fully saturated rings. The molecule has 1 aromatic carbocycles. The Kier molecular flexibility index (Phi) is 3.51. The van der Waals surface area contributed by atoms with Gasteiger partial charge in [-0.3, -0.25) is 9.78 Å². The molecule has 0 spiro atoms. The molecule has 0 saturated carbocycles. The van der Waals surface area contributed by atoms with Crippen LogP contribution in [-0.2, 0) is 0 Å². The van der Waals surface area contributed by atoms with Crippen LogP contribution in [0.2, 0.25) is 0 Å². The lowest BCUT2D eigenvalue weighted by Crippen LogP contribution is -2.26. The minimum absolute atomic E-state index is 0.0537. The molecule has 0 N–H and O–H groups in total. The first-order valence-corrected chi connectivity index (χ1v) is 6.67. The Morgan fingerprint density at radius 2 is 1.76 bits per heavy atom. The van der Waals surface area contributed by atoms with Crippen LogP contribution in [0.25, 0.3) is 5.69 Å². The second kappa shape index (κ2) is 5.63. The fourth-order valence-corrected chi connectivity index (χ4v) is 2.15. The number of amides is 1. The molecule has 4 heteroatoms. The van der Waals surface area contributed by atoms with Gasteiger partial charge in [0.15, 0.2) is 0 Å². The van der Waals surface area contributed by atoms with Gasteiger partial charge in [-0.25, -0.2) is 0 Å². The molecule has 0 aliphatic rings. The fourth-order valence-electron chi connectivity index (χ4n) is 2.15. The van der Waals surface area contributed by atoms with Crippen LogP contribution in [0, 0.1) is 0 Å². The Bertz CT molecular complexity index is 718. The van der Waals surface area contributed by atoms with Crippen molar-refractivity contribution in [2.24, 2.45) is 0 Å². The van der Waals surface area contributed by atoms with Gasteiger partial charge in [-0.05, 0) is 48.5 Å². The first-order chi connectivity index (χ1) is 10.3. The van der Waals surface area contributed by atoms with Crippen LogP contribution in [0.4, 0.5) is 5.69 Å². The Morgan fingerprint density at radius 1 is 1.05 bits per heavy atom. The predicted octanol–water partition coefficient (Wildman–Crippen LogP) is 3.15. The third kappa shape index (κ3) is 2.69. The van der Waals surface area contributed by atoms with Crippen molar-refractivity contribution >= 4 is 11.6 Å². The number of aromatic nitrogens is 2. The average Bonchev–Trinajstić information content (AvgIpc) is 3.09. The number of hydrogen-bond acceptors (Lipinski definition) is 2. The summed E-state index contributed by atoms with van der Waals surface area (Å²) in [5.74, 6) is -0.0537. The molecule has 2 heterocycles. The summed E-state index contributed by atoms with van der Waals surface area (Å²) >= 11 is 0. The SMILES string of the molecule is CN(C(=O)c1ccc(-n2cccc2)cc1)c1cccnc1. The summed E-state index contributed by atoms with van der Waals surface area (Å²) in [6.45, 7) is 0. The van der Waals surface area contributed by atoms with E-state index in [1.54, 1.807) is 24.3 Å². The van der Waals surface area contributed by atoms with Gasteiger partial charge in [0.1, 0.15) is 0 Å². The summed E-state index contributed by atoms with van der Waals surface area (Å²) in [6.07, 6.45) is 7.30. The van der Waals surface area contributed by atoms with Gasteiger partial charge in [-0.1, -0.05) is 0 Å². The van der Waals surface area contributed by atoms with Crippen molar-refractivity contribution in [1.82, 2.24) is 9.55 Å². The summed E-state index contributed by atoms with van der Waals surface area (Å²) in [5, 5.41) is 0. The zero-order chi connectivity index (χ0) is 14.7. The molecule has 4 nitrogen and oxygen atoms in total. The molecule has 21 heavy (non-hydrogen) atoms. The lowest BCUT2D eigenvalue weighted by molar-refractivity contribution is 0.0993. The van der Waals surface area contributed by atoms with Gasteiger partial charge in [-0.15, -0.1) is 0 Å². The standard InChI is InChI=1S/C17H15N3O/c1-19(16-5-4-10-18-13-16)17(21)14-6-8-15(9-7-14)20-11-2-3-12-20/h2-13H,1H3. The molecular weight excluding hydrogens is 262 g/mol. The van der Waals surface area contributed by atoms with Gasteiger partial charge in [-0.2, -0.15) is 0 Å². The Balaban J connectivity index is 1.82. The van der Waals surface area contributed by atoms with Crippen LogP contribution >= 0.6 is 0 Å². The Labute approximate surface area is 123 Å². The second-order valence-corrected chi connectivity index (χ2v) is 4.71. The molecule has 0 bridgehead atoms. The summed E-state index contributed by atoms with van der Waals surface area (Å²) in [7, 11) is 1.75. The summed E-state index contributed by atoms with van der Waals surface area (Å²) in [4.78, 5) is 18.1. The summed E-state index contributed by atoms with van der Waals surface area (Å²) < 4.78 is 2.00. The highest BCUT2D eigenvalue weighted by Gasteiger charge is 2.13. The van der Waals surface area contributed by atoms with Gasteiger partial charge in [0.25, 0.3) is 5.91 Å². The first-order valence-electron chi connectivity index (χ1n) is 6.67. The minimum atomic E-state index is -0.0537. The maximum absolute atomic E-state index is 12.4. The van der Waals surface area contributed by atoms with Crippen LogP contribution in [0.3, 0.4) is 0 Å². The highest BCUT2D eigenvalue weighted by atomic mass is 16.2. The number of benzene rings is 1. The molecule has 0 saturated heterocycles. The quantitative estimate of drug-likeness (QED) is 0.737.